The summed E-state index contributed by atoms with van der Waals surface area (Å²) in [5, 5.41) is 2.93. The van der Waals surface area contributed by atoms with Crippen molar-refractivity contribution in [3.8, 4) is 0 Å². The first-order valence-electron chi connectivity index (χ1n) is 7.19. The maximum Gasteiger partial charge on any atom is 0.409 e. The third kappa shape index (κ3) is 3.74. The fraction of sp³-hybridized carbons (Fsp3) is 0.500. The average molecular weight is 289 g/mol. The number of alkyl carbamates (subject to hydrolysis) is 1. The minimum absolute atomic E-state index is 0.202. The highest BCUT2D eigenvalue weighted by Crippen LogP contribution is 2.22. The van der Waals surface area contributed by atoms with Crippen LogP contribution in [0.25, 0.3) is 11.0 Å². The number of ether oxygens (including phenoxy) is 1. The Balaban J connectivity index is 2.25. The molecule has 1 amide bonds. The van der Waals surface area contributed by atoms with E-state index in [1.807, 2.05) is 49.6 Å². The molecule has 0 aliphatic heterocycles. The van der Waals surface area contributed by atoms with Gasteiger partial charge in [-0.15, -0.1) is 0 Å². The van der Waals surface area contributed by atoms with Crippen LogP contribution in [-0.4, -0.2) is 21.2 Å². The van der Waals surface area contributed by atoms with Crippen LogP contribution in [-0.2, 0) is 4.74 Å². The van der Waals surface area contributed by atoms with Crippen LogP contribution in [0.5, 0.6) is 0 Å². The smallest absolute Gasteiger partial charge is 0.409 e. The molecule has 0 fully saturated rings. The molecule has 1 N–H and O–H groups in total. The topological polar surface area (TPSA) is 56.1 Å². The van der Waals surface area contributed by atoms with Crippen molar-refractivity contribution in [2.45, 2.75) is 46.4 Å². The Morgan fingerprint density at radius 3 is 2.57 bits per heavy atom. The summed E-state index contributed by atoms with van der Waals surface area (Å²) in [5.41, 5.74) is 1.39. The van der Waals surface area contributed by atoms with E-state index in [2.05, 4.69) is 24.1 Å². The van der Waals surface area contributed by atoms with Crippen molar-refractivity contribution < 1.29 is 9.53 Å². The van der Waals surface area contributed by atoms with Crippen LogP contribution in [0.1, 0.15) is 40.8 Å². The minimum Gasteiger partial charge on any atom is -0.444 e. The number of rotatable bonds is 3. The van der Waals surface area contributed by atoms with Crippen LogP contribution in [0.2, 0.25) is 0 Å². The van der Waals surface area contributed by atoms with Gasteiger partial charge in [0.2, 0.25) is 0 Å². The maximum absolute atomic E-state index is 12.0. The van der Waals surface area contributed by atoms with E-state index >= 15 is 0 Å². The normalized spacial score (nSPS) is 13.4. The van der Waals surface area contributed by atoms with Gasteiger partial charge in [0.25, 0.3) is 0 Å². The molecule has 1 aromatic heterocycles. The van der Waals surface area contributed by atoms with Gasteiger partial charge in [-0.05, 0) is 38.8 Å². The molecule has 5 nitrogen and oxygen atoms in total. The Morgan fingerprint density at radius 1 is 1.29 bits per heavy atom. The van der Waals surface area contributed by atoms with E-state index in [0.717, 1.165) is 11.0 Å². The number of carbonyl (C=O) groups excluding carboxylic acids is 1. The Labute approximate surface area is 125 Å². The molecule has 0 saturated carbocycles. The van der Waals surface area contributed by atoms with Crippen molar-refractivity contribution >= 4 is 17.1 Å². The summed E-state index contributed by atoms with van der Waals surface area (Å²) in [6.07, 6.45) is 1.14. The zero-order valence-electron chi connectivity index (χ0n) is 13.3. The number of nitrogens with one attached hydrogen (secondary N) is 1. The number of aromatic nitrogens is 2. The summed E-state index contributed by atoms with van der Waals surface area (Å²) in [6.45, 7) is 9.66. The number of hydrogen-bond acceptors (Lipinski definition) is 3. The minimum atomic E-state index is -0.511. The lowest BCUT2D eigenvalue weighted by atomic mass is 10.1. The first-order chi connectivity index (χ1) is 9.78. The molecule has 0 spiro atoms. The summed E-state index contributed by atoms with van der Waals surface area (Å²) in [7, 11) is 0. The van der Waals surface area contributed by atoms with Gasteiger partial charge in [-0.25, -0.2) is 9.78 Å². The van der Waals surface area contributed by atoms with Crippen molar-refractivity contribution in [3.05, 3.63) is 30.6 Å². The van der Waals surface area contributed by atoms with Crippen LogP contribution < -0.4 is 5.32 Å². The summed E-state index contributed by atoms with van der Waals surface area (Å²) < 4.78 is 7.32. The zero-order chi connectivity index (χ0) is 15.6. The maximum atomic E-state index is 12.0. The van der Waals surface area contributed by atoms with Gasteiger partial charge >= 0.3 is 6.09 Å². The molecule has 0 aliphatic carbocycles. The van der Waals surface area contributed by atoms with E-state index in [4.69, 9.17) is 4.74 Å². The number of imidazole rings is 1. The van der Waals surface area contributed by atoms with Crippen molar-refractivity contribution in [1.82, 2.24) is 14.9 Å². The lowest BCUT2D eigenvalue weighted by Gasteiger charge is -2.27. The fourth-order valence-corrected chi connectivity index (χ4v) is 2.19. The van der Waals surface area contributed by atoms with Crippen LogP contribution in [0.3, 0.4) is 0 Å². The number of fused-ring (bicyclic) bond motifs is 1. The molecule has 21 heavy (non-hydrogen) atoms. The molecule has 1 heterocycles. The Kier molecular flexibility index (Phi) is 4.21. The predicted octanol–water partition coefficient (Wildman–Crippen LogP) is 3.72. The first-order valence-corrected chi connectivity index (χ1v) is 7.19. The Hall–Kier alpha value is -2.04. The number of benzene rings is 1. The number of carbonyl (C=O) groups is 1. The molecule has 1 atom stereocenters. The van der Waals surface area contributed by atoms with Crippen LogP contribution >= 0.6 is 0 Å². The zero-order valence-corrected chi connectivity index (χ0v) is 13.3. The van der Waals surface area contributed by atoms with Crippen LogP contribution in [0, 0.1) is 5.92 Å². The van der Waals surface area contributed by atoms with Crippen molar-refractivity contribution in [2.75, 3.05) is 0 Å². The van der Waals surface area contributed by atoms with E-state index in [-0.39, 0.29) is 12.1 Å². The second-order valence-electron chi connectivity index (χ2n) is 6.48. The first kappa shape index (κ1) is 15.4. The number of hydrogen-bond donors (Lipinski definition) is 1. The highest BCUT2D eigenvalue weighted by Gasteiger charge is 2.23. The van der Waals surface area contributed by atoms with Gasteiger partial charge in [0, 0.05) is 0 Å². The molecule has 2 aromatic rings. The third-order valence-electron chi connectivity index (χ3n) is 3.08. The van der Waals surface area contributed by atoms with Gasteiger partial charge in [-0.3, -0.25) is 0 Å². The van der Waals surface area contributed by atoms with Crippen LogP contribution in [0.15, 0.2) is 30.6 Å². The molecule has 114 valence electrons. The van der Waals surface area contributed by atoms with E-state index in [9.17, 15) is 4.79 Å². The number of amides is 1. The molecule has 1 unspecified atom stereocenters. The molecule has 0 radical (unpaired) electrons. The number of nitrogens with zero attached hydrogens (tertiary/aromatic N) is 2. The third-order valence-corrected chi connectivity index (χ3v) is 3.08. The van der Waals surface area contributed by atoms with Crippen molar-refractivity contribution in [3.63, 3.8) is 0 Å². The van der Waals surface area contributed by atoms with Gasteiger partial charge < -0.3 is 14.6 Å². The van der Waals surface area contributed by atoms with Gasteiger partial charge in [0.05, 0.1) is 17.4 Å². The highest BCUT2D eigenvalue weighted by molar-refractivity contribution is 5.75. The van der Waals surface area contributed by atoms with E-state index in [1.54, 1.807) is 6.33 Å². The second-order valence-corrected chi connectivity index (χ2v) is 6.48. The lowest BCUT2D eigenvalue weighted by molar-refractivity contribution is 0.0462. The molecular formula is C16H23N3O2. The molecule has 2 rings (SSSR count). The van der Waals surface area contributed by atoms with Crippen molar-refractivity contribution in [2.24, 2.45) is 5.92 Å². The van der Waals surface area contributed by atoms with Crippen molar-refractivity contribution in [1.29, 1.82) is 0 Å². The van der Waals surface area contributed by atoms with E-state index in [1.165, 1.54) is 0 Å². The quantitative estimate of drug-likeness (QED) is 0.937. The largest absolute Gasteiger partial charge is 0.444 e. The molecule has 1 aromatic carbocycles. The highest BCUT2D eigenvalue weighted by atomic mass is 16.6. The van der Waals surface area contributed by atoms with Gasteiger partial charge in [0.1, 0.15) is 11.8 Å². The summed E-state index contributed by atoms with van der Waals surface area (Å²) in [4.78, 5) is 16.4. The molecule has 0 aliphatic rings. The Bertz CT molecular complexity index is 626. The second kappa shape index (κ2) is 5.76. The lowest BCUT2D eigenvalue weighted by Crippen LogP contribution is -2.39. The molecule has 5 heteroatoms. The standard InChI is InChI=1S/C16H23N3O2/c1-11(2)14(18-15(20)21-16(3,4)5)19-10-17-12-8-6-7-9-13(12)19/h6-11,14H,1-5H3,(H,18,20). The van der Waals surface area contributed by atoms with E-state index in [0.29, 0.717) is 0 Å². The molecule has 0 saturated heterocycles. The number of para-hydroxylation sites is 2. The SMILES string of the molecule is CC(C)C(NC(=O)OC(C)(C)C)n1cnc2ccccc21. The van der Waals surface area contributed by atoms with Gasteiger partial charge in [-0.2, -0.15) is 0 Å². The fourth-order valence-electron chi connectivity index (χ4n) is 2.19. The molecular weight excluding hydrogens is 266 g/mol. The summed E-state index contributed by atoms with van der Waals surface area (Å²) in [6, 6.07) is 7.86. The van der Waals surface area contributed by atoms with Gasteiger partial charge in [-0.1, -0.05) is 26.0 Å². The predicted molar refractivity (Wildman–Crippen MR) is 83.0 cm³/mol. The van der Waals surface area contributed by atoms with E-state index < -0.39 is 11.7 Å². The molecule has 0 bridgehead atoms. The average Bonchev–Trinajstić information content (AvgIpc) is 2.77. The summed E-state index contributed by atoms with van der Waals surface area (Å²) in [5.74, 6) is 0.204. The van der Waals surface area contributed by atoms with Crippen LogP contribution in [0.4, 0.5) is 4.79 Å². The monoisotopic (exact) mass is 289 g/mol. The Morgan fingerprint density at radius 2 is 1.95 bits per heavy atom. The summed E-state index contributed by atoms with van der Waals surface area (Å²) >= 11 is 0. The van der Waals surface area contributed by atoms with Gasteiger partial charge in [0.15, 0.2) is 0 Å².